The molecular weight excluding hydrogens is 536 g/mol. The summed E-state index contributed by atoms with van der Waals surface area (Å²) in [6.45, 7) is 7.73. The van der Waals surface area contributed by atoms with E-state index in [-0.39, 0.29) is 0 Å². The van der Waals surface area contributed by atoms with Crippen molar-refractivity contribution in [2.75, 3.05) is 7.11 Å². The lowest BCUT2D eigenvalue weighted by atomic mass is 9.91. The molecule has 0 saturated heterocycles. The minimum atomic E-state index is -0.904. The van der Waals surface area contributed by atoms with Gasteiger partial charge in [0, 0.05) is 38.6 Å². The zero-order valence-corrected chi connectivity index (χ0v) is 22.6. The SMILES string of the molecule is COC(=O)[C@@H](OC(C)(C)C)c1c(C)cc2nc(-c3cncc(Br)c3)sc2c1-c1ccc(Cl)cc1. The van der Waals surface area contributed by atoms with Gasteiger partial charge in [-0.05, 0) is 79.0 Å². The van der Waals surface area contributed by atoms with Gasteiger partial charge in [-0.1, -0.05) is 23.7 Å². The Bertz CT molecular complexity index is 1360. The highest BCUT2D eigenvalue weighted by Gasteiger charge is 2.33. The van der Waals surface area contributed by atoms with Gasteiger partial charge in [0.15, 0.2) is 6.10 Å². The highest BCUT2D eigenvalue weighted by Crippen LogP contribution is 2.44. The minimum Gasteiger partial charge on any atom is -0.467 e. The second kappa shape index (κ2) is 9.74. The topological polar surface area (TPSA) is 61.3 Å². The molecule has 5 nitrogen and oxygen atoms in total. The minimum absolute atomic E-state index is 0.450. The fourth-order valence-corrected chi connectivity index (χ4v) is 5.39. The van der Waals surface area contributed by atoms with E-state index in [1.54, 1.807) is 23.7 Å². The summed E-state index contributed by atoms with van der Waals surface area (Å²) in [7, 11) is 1.38. The molecule has 0 spiro atoms. The number of halogens is 2. The van der Waals surface area contributed by atoms with Crippen LogP contribution in [0.4, 0.5) is 0 Å². The Labute approximate surface area is 216 Å². The maximum Gasteiger partial charge on any atom is 0.339 e. The number of aryl methyl sites for hydroxylation is 1. The second-order valence-electron chi connectivity index (χ2n) is 8.88. The molecular formula is C26H24BrClN2O3S. The standard InChI is InChI=1S/C26H24BrClN2O3S/c1-14-10-19-23(34-24(30-19)16-11-17(27)13-29-12-16)21(15-6-8-18(28)9-7-15)20(14)22(25(31)32-5)33-26(2,3)4/h6-13,22H,1-5H3/t22-/m0/s1. The summed E-state index contributed by atoms with van der Waals surface area (Å²) in [5, 5.41) is 1.47. The molecule has 0 bridgehead atoms. The monoisotopic (exact) mass is 558 g/mol. The molecule has 0 saturated carbocycles. The zero-order chi connectivity index (χ0) is 24.6. The molecule has 2 heterocycles. The third-order valence-corrected chi connectivity index (χ3v) is 6.98. The maximum atomic E-state index is 13.0. The van der Waals surface area contributed by atoms with Gasteiger partial charge in [-0.3, -0.25) is 4.98 Å². The van der Waals surface area contributed by atoms with Crippen LogP contribution < -0.4 is 0 Å². The molecule has 8 heteroatoms. The van der Waals surface area contributed by atoms with Crippen LogP contribution in [-0.2, 0) is 14.3 Å². The zero-order valence-electron chi connectivity index (χ0n) is 19.5. The molecule has 34 heavy (non-hydrogen) atoms. The van der Waals surface area contributed by atoms with Crippen molar-refractivity contribution in [2.45, 2.75) is 39.4 Å². The van der Waals surface area contributed by atoms with E-state index in [9.17, 15) is 4.79 Å². The Hall–Kier alpha value is -2.32. The molecule has 0 amide bonds. The van der Waals surface area contributed by atoms with Gasteiger partial charge in [-0.15, -0.1) is 11.3 Å². The molecule has 0 aliphatic heterocycles. The third-order valence-electron chi connectivity index (χ3n) is 5.16. The number of esters is 1. The van der Waals surface area contributed by atoms with E-state index in [0.29, 0.717) is 5.02 Å². The number of benzene rings is 2. The molecule has 176 valence electrons. The van der Waals surface area contributed by atoms with Gasteiger partial charge >= 0.3 is 5.97 Å². The van der Waals surface area contributed by atoms with Crippen molar-refractivity contribution in [3.05, 3.63) is 69.4 Å². The van der Waals surface area contributed by atoms with E-state index in [2.05, 4.69) is 20.9 Å². The first kappa shape index (κ1) is 24.8. The molecule has 0 unspecified atom stereocenters. The second-order valence-corrected chi connectivity index (χ2v) is 11.2. The fraction of sp³-hybridized carbons (Fsp3) is 0.269. The summed E-state index contributed by atoms with van der Waals surface area (Å²) < 4.78 is 13.3. The van der Waals surface area contributed by atoms with Crippen LogP contribution >= 0.6 is 38.9 Å². The van der Waals surface area contributed by atoms with Crippen molar-refractivity contribution in [1.82, 2.24) is 9.97 Å². The number of ether oxygens (including phenoxy) is 2. The van der Waals surface area contributed by atoms with Crippen LogP contribution in [0.5, 0.6) is 0 Å². The summed E-state index contributed by atoms with van der Waals surface area (Å²) in [6.07, 6.45) is 2.62. The van der Waals surface area contributed by atoms with Crippen LogP contribution in [0.2, 0.25) is 5.02 Å². The number of thiazole rings is 1. The quantitative estimate of drug-likeness (QED) is 0.234. The molecule has 0 fully saturated rings. The first-order valence-electron chi connectivity index (χ1n) is 10.6. The Kier molecular flexibility index (Phi) is 7.10. The first-order chi connectivity index (χ1) is 16.1. The van der Waals surface area contributed by atoms with E-state index in [0.717, 1.165) is 47.5 Å². The van der Waals surface area contributed by atoms with Crippen molar-refractivity contribution in [1.29, 1.82) is 0 Å². The lowest BCUT2D eigenvalue weighted by Crippen LogP contribution is -2.29. The van der Waals surface area contributed by atoms with Gasteiger partial charge in [-0.2, -0.15) is 0 Å². The summed E-state index contributed by atoms with van der Waals surface area (Å²) in [5.74, 6) is -0.450. The van der Waals surface area contributed by atoms with Crippen molar-refractivity contribution < 1.29 is 14.3 Å². The first-order valence-corrected chi connectivity index (χ1v) is 12.6. The van der Waals surface area contributed by atoms with Crippen molar-refractivity contribution in [3.63, 3.8) is 0 Å². The molecule has 0 aliphatic carbocycles. The average molecular weight is 560 g/mol. The number of fused-ring (bicyclic) bond motifs is 1. The van der Waals surface area contributed by atoms with Crippen molar-refractivity contribution in [3.8, 4) is 21.7 Å². The Morgan fingerprint density at radius 2 is 1.82 bits per heavy atom. The third kappa shape index (κ3) is 5.18. The summed E-state index contributed by atoms with van der Waals surface area (Å²) >= 11 is 11.2. The van der Waals surface area contributed by atoms with Gasteiger partial charge in [0.2, 0.25) is 0 Å². The lowest BCUT2D eigenvalue weighted by Gasteiger charge is -2.28. The normalized spacial score (nSPS) is 12.7. The summed E-state index contributed by atoms with van der Waals surface area (Å²) in [6, 6.07) is 11.6. The Morgan fingerprint density at radius 1 is 1.12 bits per heavy atom. The molecule has 4 aromatic rings. The van der Waals surface area contributed by atoms with Crippen LogP contribution in [0.3, 0.4) is 0 Å². The van der Waals surface area contributed by atoms with Gasteiger partial charge in [-0.25, -0.2) is 9.78 Å². The summed E-state index contributed by atoms with van der Waals surface area (Å²) in [5.41, 5.74) is 4.64. The molecule has 0 N–H and O–H groups in total. The van der Waals surface area contributed by atoms with Gasteiger partial charge in [0.05, 0.1) is 22.9 Å². The largest absolute Gasteiger partial charge is 0.467 e. The van der Waals surface area contributed by atoms with E-state index < -0.39 is 17.7 Å². The molecule has 0 radical (unpaired) electrons. The smallest absolute Gasteiger partial charge is 0.339 e. The number of nitrogens with zero attached hydrogens (tertiary/aromatic N) is 2. The van der Waals surface area contributed by atoms with E-state index in [4.69, 9.17) is 26.1 Å². The van der Waals surface area contributed by atoms with E-state index in [1.165, 1.54) is 7.11 Å². The fourth-order valence-electron chi connectivity index (χ4n) is 3.79. The number of methoxy groups -OCH3 is 1. The van der Waals surface area contributed by atoms with Crippen LogP contribution in [-0.4, -0.2) is 28.6 Å². The van der Waals surface area contributed by atoms with Crippen LogP contribution in [0, 0.1) is 6.92 Å². The number of carbonyl (C=O) groups is 1. The van der Waals surface area contributed by atoms with Crippen molar-refractivity contribution in [2.24, 2.45) is 0 Å². The van der Waals surface area contributed by atoms with E-state index >= 15 is 0 Å². The maximum absolute atomic E-state index is 13.0. The van der Waals surface area contributed by atoms with Gasteiger partial charge < -0.3 is 9.47 Å². The number of hydrogen-bond acceptors (Lipinski definition) is 6. The predicted molar refractivity (Wildman–Crippen MR) is 141 cm³/mol. The highest BCUT2D eigenvalue weighted by molar-refractivity contribution is 9.10. The Morgan fingerprint density at radius 3 is 2.44 bits per heavy atom. The number of pyridine rings is 1. The number of hydrogen-bond donors (Lipinski definition) is 0. The molecule has 2 aromatic carbocycles. The number of aromatic nitrogens is 2. The summed E-state index contributed by atoms with van der Waals surface area (Å²) in [4.78, 5) is 22.2. The molecule has 4 rings (SSSR count). The average Bonchev–Trinajstić information content (AvgIpc) is 3.20. The molecule has 1 atom stereocenters. The highest BCUT2D eigenvalue weighted by atomic mass is 79.9. The Balaban J connectivity index is 2.04. The molecule has 2 aromatic heterocycles. The van der Waals surface area contributed by atoms with Crippen LogP contribution in [0.15, 0.2) is 53.3 Å². The molecule has 0 aliphatic rings. The van der Waals surface area contributed by atoms with E-state index in [1.807, 2.05) is 64.1 Å². The van der Waals surface area contributed by atoms with Crippen LogP contribution in [0.1, 0.15) is 38.0 Å². The lowest BCUT2D eigenvalue weighted by molar-refractivity contribution is -0.164. The number of rotatable bonds is 5. The van der Waals surface area contributed by atoms with Gasteiger partial charge in [0.25, 0.3) is 0 Å². The van der Waals surface area contributed by atoms with Crippen molar-refractivity contribution >= 4 is 55.1 Å². The van der Waals surface area contributed by atoms with Crippen LogP contribution in [0.25, 0.3) is 31.9 Å². The number of carbonyl (C=O) groups excluding carboxylic acids is 1. The van der Waals surface area contributed by atoms with Gasteiger partial charge in [0.1, 0.15) is 5.01 Å². The predicted octanol–water partition coefficient (Wildman–Crippen LogP) is 7.78.